The van der Waals surface area contributed by atoms with Gasteiger partial charge in [-0.1, -0.05) is 6.07 Å². The molecule has 2 N–H and O–H groups in total. The summed E-state index contributed by atoms with van der Waals surface area (Å²) in [5.74, 6) is -0.403. The molecule has 0 radical (unpaired) electrons. The van der Waals surface area contributed by atoms with Crippen LogP contribution in [-0.4, -0.2) is 25.1 Å². The van der Waals surface area contributed by atoms with E-state index >= 15 is 0 Å². The quantitative estimate of drug-likeness (QED) is 0.681. The third-order valence-corrected chi connectivity index (χ3v) is 2.96. The lowest BCUT2D eigenvalue weighted by Gasteiger charge is -2.21. The third kappa shape index (κ3) is 3.06. The minimum atomic E-state index is -0.403. The van der Waals surface area contributed by atoms with E-state index in [1.54, 1.807) is 18.3 Å². The molecule has 0 aliphatic carbocycles. The second-order valence-electron chi connectivity index (χ2n) is 4.45. The van der Waals surface area contributed by atoms with E-state index in [1.807, 2.05) is 36.2 Å². The standard InChI is InChI=1S/C15H17N3O2/c1-18(10-12-5-3-4-8-17-12)14-7-6-11(16)9-13(14)15(19)20-2/h3-9H,10,16H2,1-2H3. The Labute approximate surface area is 118 Å². The molecule has 2 aromatic rings. The van der Waals surface area contributed by atoms with Crippen LogP contribution in [0, 0.1) is 0 Å². The number of rotatable bonds is 4. The Bertz CT molecular complexity index is 599. The molecule has 0 aliphatic rings. The molecular weight excluding hydrogens is 254 g/mol. The SMILES string of the molecule is COC(=O)c1cc(N)ccc1N(C)Cc1ccccn1. The Kier molecular flexibility index (Phi) is 4.20. The van der Waals surface area contributed by atoms with Crippen LogP contribution in [0.1, 0.15) is 16.1 Å². The Morgan fingerprint density at radius 1 is 1.35 bits per heavy atom. The summed E-state index contributed by atoms with van der Waals surface area (Å²) in [5.41, 5.74) is 8.39. The molecule has 1 aromatic heterocycles. The average molecular weight is 271 g/mol. The maximum atomic E-state index is 11.8. The number of nitrogens with zero attached hydrogens (tertiary/aromatic N) is 2. The normalized spacial score (nSPS) is 10.1. The zero-order valence-electron chi connectivity index (χ0n) is 11.5. The molecule has 104 valence electrons. The fraction of sp³-hybridized carbons (Fsp3) is 0.200. The van der Waals surface area contributed by atoms with Crippen LogP contribution in [-0.2, 0) is 11.3 Å². The molecule has 5 nitrogen and oxygen atoms in total. The van der Waals surface area contributed by atoms with E-state index in [0.29, 0.717) is 17.8 Å². The molecule has 1 heterocycles. The zero-order valence-corrected chi connectivity index (χ0v) is 11.5. The molecule has 5 heteroatoms. The second kappa shape index (κ2) is 6.06. The van der Waals surface area contributed by atoms with Gasteiger partial charge in [-0.3, -0.25) is 4.98 Å². The lowest BCUT2D eigenvalue weighted by Crippen LogP contribution is -2.20. The lowest BCUT2D eigenvalue weighted by molar-refractivity contribution is 0.0601. The molecule has 0 atom stereocenters. The van der Waals surface area contributed by atoms with E-state index in [2.05, 4.69) is 4.98 Å². The predicted octanol–water partition coefficient (Wildman–Crippen LogP) is 2.09. The number of hydrogen-bond donors (Lipinski definition) is 1. The van der Waals surface area contributed by atoms with Crippen molar-refractivity contribution in [1.82, 2.24) is 4.98 Å². The smallest absolute Gasteiger partial charge is 0.340 e. The van der Waals surface area contributed by atoms with Gasteiger partial charge >= 0.3 is 5.97 Å². The summed E-state index contributed by atoms with van der Waals surface area (Å²) in [5, 5.41) is 0. The van der Waals surface area contributed by atoms with Gasteiger partial charge in [0.05, 0.1) is 30.6 Å². The molecule has 20 heavy (non-hydrogen) atoms. The zero-order chi connectivity index (χ0) is 14.5. The first-order valence-corrected chi connectivity index (χ1v) is 6.20. The maximum absolute atomic E-state index is 11.8. The minimum absolute atomic E-state index is 0.403. The number of ether oxygens (including phenoxy) is 1. The van der Waals surface area contributed by atoms with E-state index < -0.39 is 5.97 Å². The van der Waals surface area contributed by atoms with Crippen molar-refractivity contribution in [3.05, 3.63) is 53.9 Å². The molecule has 0 aliphatic heterocycles. The summed E-state index contributed by atoms with van der Waals surface area (Å²) in [6, 6.07) is 10.9. The number of anilines is 2. The monoisotopic (exact) mass is 271 g/mol. The number of aromatic nitrogens is 1. The molecule has 0 fully saturated rings. The first-order chi connectivity index (χ1) is 9.61. The molecular formula is C15H17N3O2. The summed E-state index contributed by atoms with van der Waals surface area (Å²) >= 11 is 0. The van der Waals surface area contributed by atoms with Crippen LogP contribution in [0.3, 0.4) is 0 Å². The number of esters is 1. The fourth-order valence-corrected chi connectivity index (χ4v) is 1.98. The van der Waals surface area contributed by atoms with Crippen LogP contribution in [0.5, 0.6) is 0 Å². The van der Waals surface area contributed by atoms with Crippen molar-refractivity contribution in [3.63, 3.8) is 0 Å². The summed E-state index contributed by atoms with van der Waals surface area (Å²) < 4.78 is 4.80. The molecule has 0 bridgehead atoms. The highest BCUT2D eigenvalue weighted by Crippen LogP contribution is 2.24. The average Bonchev–Trinajstić information content (AvgIpc) is 2.47. The van der Waals surface area contributed by atoms with Crippen molar-refractivity contribution in [2.75, 3.05) is 24.8 Å². The molecule has 0 saturated carbocycles. The molecule has 0 amide bonds. The molecule has 2 rings (SSSR count). The highest BCUT2D eigenvalue weighted by molar-refractivity contribution is 5.96. The number of methoxy groups -OCH3 is 1. The molecule has 0 unspecified atom stereocenters. The van der Waals surface area contributed by atoms with Gasteiger partial charge in [-0.15, -0.1) is 0 Å². The number of nitrogen functional groups attached to an aromatic ring is 1. The molecule has 0 spiro atoms. The molecule has 0 saturated heterocycles. The highest BCUT2D eigenvalue weighted by atomic mass is 16.5. The van der Waals surface area contributed by atoms with Gasteiger partial charge < -0.3 is 15.4 Å². The largest absolute Gasteiger partial charge is 0.465 e. The highest BCUT2D eigenvalue weighted by Gasteiger charge is 2.15. The van der Waals surface area contributed by atoms with Crippen LogP contribution in [0.4, 0.5) is 11.4 Å². The second-order valence-corrected chi connectivity index (χ2v) is 4.45. The van der Waals surface area contributed by atoms with Crippen LogP contribution < -0.4 is 10.6 Å². The number of benzene rings is 1. The summed E-state index contributed by atoms with van der Waals surface area (Å²) in [4.78, 5) is 18.0. The lowest BCUT2D eigenvalue weighted by atomic mass is 10.1. The van der Waals surface area contributed by atoms with Gasteiger partial charge in [0.2, 0.25) is 0 Å². The van der Waals surface area contributed by atoms with E-state index in [-0.39, 0.29) is 0 Å². The van der Waals surface area contributed by atoms with Crippen LogP contribution in [0.25, 0.3) is 0 Å². The van der Waals surface area contributed by atoms with Crippen LogP contribution in [0.15, 0.2) is 42.6 Å². The Morgan fingerprint density at radius 2 is 2.15 bits per heavy atom. The summed E-state index contributed by atoms with van der Waals surface area (Å²) in [6.45, 7) is 0.592. The van der Waals surface area contributed by atoms with Gasteiger partial charge in [-0.2, -0.15) is 0 Å². The summed E-state index contributed by atoms with van der Waals surface area (Å²) in [7, 11) is 3.25. The van der Waals surface area contributed by atoms with Gasteiger partial charge in [0.1, 0.15) is 0 Å². The number of carbonyl (C=O) groups excluding carboxylic acids is 1. The van der Waals surface area contributed by atoms with Gasteiger partial charge in [0.25, 0.3) is 0 Å². The number of hydrogen-bond acceptors (Lipinski definition) is 5. The van der Waals surface area contributed by atoms with Gasteiger partial charge in [0.15, 0.2) is 0 Å². The van der Waals surface area contributed by atoms with E-state index in [1.165, 1.54) is 7.11 Å². The van der Waals surface area contributed by atoms with Crippen LogP contribution >= 0.6 is 0 Å². The maximum Gasteiger partial charge on any atom is 0.340 e. The van der Waals surface area contributed by atoms with Gasteiger partial charge in [-0.05, 0) is 30.3 Å². The minimum Gasteiger partial charge on any atom is -0.465 e. The van der Waals surface area contributed by atoms with Crippen molar-refractivity contribution < 1.29 is 9.53 Å². The summed E-state index contributed by atoms with van der Waals surface area (Å²) in [6.07, 6.45) is 1.74. The number of nitrogens with two attached hydrogens (primary N) is 1. The van der Waals surface area contributed by atoms with E-state index in [9.17, 15) is 4.79 Å². The Balaban J connectivity index is 2.29. The Hall–Kier alpha value is -2.56. The van der Waals surface area contributed by atoms with Crippen molar-refractivity contribution in [1.29, 1.82) is 0 Å². The third-order valence-electron chi connectivity index (χ3n) is 2.96. The van der Waals surface area contributed by atoms with Gasteiger partial charge in [0, 0.05) is 18.9 Å². The Morgan fingerprint density at radius 3 is 2.80 bits per heavy atom. The van der Waals surface area contributed by atoms with Crippen LogP contribution in [0.2, 0.25) is 0 Å². The first kappa shape index (κ1) is 13.9. The molecule has 1 aromatic carbocycles. The fourth-order valence-electron chi connectivity index (χ4n) is 1.98. The van der Waals surface area contributed by atoms with Crippen molar-refractivity contribution in [2.24, 2.45) is 0 Å². The van der Waals surface area contributed by atoms with E-state index in [0.717, 1.165) is 11.4 Å². The van der Waals surface area contributed by atoms with Crippen molar-refractivity contribution in [2.45, 2.75) is 6.54 Å². The predicted molar refractivity (Wildman–Crippen MR) is 78.5 cm³/mol. The van der Waals surface area contributed by atoms with E-state index in [4.69, 9.17) is 10.5 Å². The first-order valence-electron chi connectivity index (χ1n) is 6.20. The van der Waals surface area contributed by atoms with Crippen molar-refractivity contribution >= 4 is 17.3 Å². The number of carbonyl (C=O) groups is 1. The number of pyridine rings is 1. The van der Waals surface area contributed by atoms with Gasteiger partial charge in [-0.25, -0.2) is 4.79 Å². The van der Waals surface area contributed by atoms with Crippen molar-refractivity contribution in [3.8, 4) is 0 Å². The topological polar surface area (TPSA) is 68.5 Å².